The summed E-state index contributed by atoms with van der Waals surface area (Å²) in [6.45, 7) is 12.3. The second kappa shape index (κ2) is 28.8. The SMILES string of the molecule is CCCCCCCCCCCCCCCCCC(=O)OCC(CCCCCC(C)C)(CCCCCC(C)C)[S][Sn]([CH3])([CH3])[CH3]. The molecule has 0 N–H and O–H groups in total. The van der Waals surface area contributed by atoms with E-state index in [2.05, 4.69) is 58.4 Å². The van der Waals surface area contributed by atoms with Crippen LogP contribution in [0.2, 0.25) is 14.8 Å². The van der Waals surface area contributed by atoms with Gasteiger partial charge in [0.05, 0.1) is 0 Å². The zero-order chi connectivity index (χ0) is 32.2. The first kappa shape index (κ1) is 43.6. The molecular formula is C39H80O2SSn. The average molecular weight is 732 g/mol. The van der Waals surface area contributed by atoms with Crippen molar-refractivity contribution in [2.75, 3.05) is 6.61 Å². The van der Waals surface area contributed by atoms with Crippen LogP contribution in [0.5, 0.6) is 0 Å². The fourth-order valence-corrected chi connectivity index (χ4v) is 21.6. The molecule has 0 atom stereocenters. The molecule has 0 aromatic carbocycles. The Morgan fingerprint density at radius 3 is 1.33 bits per heavy atom. The molecule has 0 unspecified atom stereocenters. The van der Waals surface area contributed by atoms with E-state index in [1.54, 1.807) is 0 Å². The minimum absolute atomic E-state index is 0.0587. The second-order valence-corrected chi connectivity index (χ2v) is 38.8. The Bertz CT molecular complexity index is 595. The van der Waals surface area contributed by atoms with Crippen LogP contribution in [0.1, 0.15) is 202 Å². The molecule has 0 aliphatic heterocycles. The molecule has 0 bridgehead atoms. The topological polar surface area (TPSA) is 26.3 Å². The molecular weight excluding hydrogens is 651 g/mol. The van der Waals surface area contributed by atoms with Gasteiger partial charge in [-0.1, -0.05) is 64.7 Å². The first-order chi connectivity index (χ1) is 20.5. The molecule has 0 rings (SSSR count). The van der Waals surface area contributed by atoms with Crippen molar-refractivity contribution in [2.45, 2.75) is 221 Å². The fraction of sp³-hybridized carbons (Fsp3) is 0.974. The van der Waals surface area contributed by atoms with Crippen LogP contribution in [0.3, 0.4) is 0 Å². The van der Waals surface area contributed by atoms with Crippen LogP contribution < -0.4 is 0 Å². The molecule has 0 fully saturated rings. The van der Waals surface area contributed by atoms with Crippen LogP contribution in [0.4, 0.5) is 0 Å². The second-order valence-electron chi connectivity index (χ2n) is 15.7. The van der Waals surface area contributed by atoms with Crippen molar-refractivity contribution in [1.29, 1.82) is 0 Å². The molecule has 43 heavy (non-hydrogen) atoms. The van der Waals surface area contributed by atoms with Crippen molar-refractivity contribution in [3.8, 4) is 0 Å². The van der Waals surface area contributed by atoms with Gasteiger partial charge >= 0.3 is 216 Å². The maximum atomic E-state index is 12.9. The Hall–Kier alpha value is 0.619. The van der Waals surface area contributed by atoms with E-state index >= 15 is 0 Å². The summed E-state index contributed by atoms with van der Waals surface area (Å²) < 4.78 is 6.28. The third kappa shape index (κ3) is 31.0. The predicted molar refractivity (Wildman–Crippen MR) is 200 cm³/mol. The Balaban J connectivity index is 4.44. The van der Waals surface area contributed by atoms with E-state index in [0.29, 0.717) is 13.0 Å². The third-order valence-electron chi connectivity index (χ3n) is 8.83. The Morgan fingerprint density at radius 2 is 0.953 bits per heavy atom. The Labute approximate surface area is 279 Å². The number of hydrogen-bond acceptors (Lipinski definition) is 3. The van der Waals surface area contributed by atoms with Crippen LogP contribution in [-0.4, -0.2) is 34.3 Å². The molecule has 258 valence electrons. The molecule has 0 aliphatic rings. The predicted octanol–water partition coefficient (Wildman–Crippen LogP) is 14.3. The average Bonchev–Trinajstić information content (AvgIpc) is 2.92. The molecule has 0 saturated heterocycles. The van der Waals surface area contributed by atoms with Gasteiger partial charge in [-0.3, -0.25) is 0 Å². The monoisotopic (exact) mass is 732 g/mol. The van der Waals surface area contributed by atoms with Gasteiger partial charge in [0.2, 0.25) is 0 Å². The molecule has 0 aromatic rings. The van der Waals surface area contributed by atoms with E-state index in [0.717, 1.165) is 18.3 Å². The van der Waals surface area contributed by atoms with E-state index in [4.69, 9.17) is 4.74 Å². The number of esters is 1. The number of carbonyl (C=O) groups is 1. The Morgan fingerprint density at radius 1 is 0.581 bits per heavy atom. The number of unbranched alkanes of at least 4 members (excludes halogenated alkanes) is 18. The third-order valence-corrected chi connectivity index (χ3v) is 19.4. The van der Waals surface area contributed by atoms with Crippen molar-refractivity contribution >= 4 is 31.9 Å². The molecule has 0 aliphatic carbocycles. The molecule has 0 aromatic heterocycles. The van der Waals surface area contributed by atoms with Crippen molar-refractivity contribution < 1.29 is 9.53 Å². The van der Waals surface area contributed by atoms with Gasteiger partial charge in [-0.25, -0.2) is 0 Å². The summed E-state index contributed by atoms with van der Waals surface area (Å²) in [7, 11) is 2.30. The number of hydrogen-bond donors (Lipinski definition) is 0. The van der Waals surface area contributed by atoms with Crippen molar-refractivity contribution in [3.63, 3.8) is 0 Å². The Kier molecular flexibility index (Phi) is 29.2. The van der Waals surface area contributed by atoms with E-state index in [-0.39, 0.29) is 10.7 Å². The molecule has 0 saturated carbocycles. The van der Waals surface area contributed by atoms with Crippen LogP contribution in [0, 0.1) is 11.8 Å². The summed E-state index contributed by atoms with van der Waals surface area (Å²) in [5, 5.41) is 0. The van der Waals surface area contributed by atoms with Gasteiger partial charge in [-0.2, -0.15) is 0 Å². The van der Waals surface area contributed by atoms with E-state index in [1.807, 2.05) is 0 Å². The fourth-order valence-electron chi connectivity index (χ4n) is 6.33. The first-order valence-electron chi connectivity index (χ1n) is 19.4. The molecule has 0 heterocycles. The van der Waals surface area contributed by atoms with Gasteiger partial charge in [0.15, 0.2) is 0 Å². The summed E-state index contributed by atoms with van der Waals surface area (Å²) in [5.74, 6) is 1.65. The number of rotatable bonds is 32. The van der Waals surface area contributed by atoms with E-state index < -0.39 is 17.0 Å². The molecule has 4 heteroatoms. The molecule has 0 radical (unpaired) electrons. The van der Waals surface area contributed by atoms with Gasteiger partial charge in [-0.15, -0.1) is 0 Å². The normalized spacial score (nSPS) is 12.5. The summed E-state index contributed by atoms with van der Waals surface area (Å²) in [5.41, 5.74) is 0. The standard InChI is InChI=1S/C36H72O2S.3CH3.Sn/c1-6-7-8-9-10-11-12-13-14-15-16-17-18-19-24-29-35(37)38-32-36(39,30-25-20-22-27-33(2)3)31-26-21-23-28-34(4)5;;;;/h33-34,39H,6-32H2,1-5H3;3*1H3;/q;;;;+1/p-1. The first-order valence-corrected chi connectivity index (χ1v) is 32.2. The molecule has 0 amide bonds. The van der Waals surface area contributed by atoms with Crippen molar-refractivity contribution in [1.82, 2.24) is 0 Å². The number of carbonyl (C=O) groups excluding carboxylic acids is 1. The van der Waals surface area contributed by atoms with Crippen molar-refractivity contribution in [3.05, 3.63) is 0 Å². The quantitative estimate of drug-likeness (QED) is 0.0391. The van der Waals surface area contributed by atoms with Gasteiger partial charge in [0.25, 0.3) is 0 Å². The van der Waals surface area contributed by atoms with Gasteiger partial charge in [0, 0.05) is 0 Å². The van der Waals surface area contributed by atoms with Crippen LogP contribution in [0.15, 0.2) is 0 Å². The zero-order valence-corrected chi connectivity index (χ0v) is 34.6. The minimum atomic E-state index is -2.16. The van der Waals surface area contributed by atoms with Gasteiger partial charge in [0.1, 0.15) is 0 Å². The summed E-state index contributed by atoms with van der Waals surface area (Å²) >= 11 is -2.16. The zero-order valence-electron chi connectivity index (χ0n) is 31.0. The molecule has 0 spiro atoms. The maximum absolute atomic E-state index is 12.9. The van der Waals surface area contributed by atoms with Crippen LogP contribution >= 0.6 is 8.95 Å². The summed E-state index contributed by atoms with van der Waals surface area (Å²) in [6.07, 6.45) is 33.9. The summed E-state index contributed by atoms with van der Waals surface area (Å²) in [4.78, 5) is 20.5. The number of ether oxygens (including phenoxy) is 1. The van der Waals surface area contributed by atoms with Crippen molar-refractivity contribution in [2.24, 2.45) is 11.8 Å². The van der Waals surface area contributed by atoms with Gasteiger partial charge < -0.3 is 0 Å². The van der Waals surface area contributed by atoms with E-state index in [1.165, 1.54) is 154 Å². The van der Waals surface area contributed by atoms with Crippen LogP contribution in [0.25, 0.3) is 0 Å². The molecule has 2 nitrogen and oxygen atoms in total. The van der Waals surface area contributed by atoms with E-state index in [9.17, 15) is 4.79 Å². The summed E-state index contributed by atoms with van der Waals surface area (Å²) in [6, 6.07) is 0. The van der Waals surface area contributed by atoms with Gasteiger partial charge in [-0.05, 0) is 0 Å². The van der Waals surface area contributed by atoms with Crippen LogP contribution in [-0.2, 0) is 9.53 Å².